The summed E-state index contributed by atoms with van der Waals surface area (Å²) in [6.07, 6.45) is 4.06. The van der Waals surface area contributed by atoms with Gasteiger partial charge in [-0.1, -0.05) is 12.1 Å². The molecule has 1 N–H and O–H groups in total. The van der Waals surface area contributed by atoms with E-state index in [0.717, 1.165) is 28.2 Å². The molecule has 0 radical (unpaired) electrons. The van der Waals surface area contributed by atoms with E-state index >= 15 is 0 Å². The number of carbonyl (C=O) groups excluding carboxylic acids is 1. The highest BCUT2D eigenvalue weighted by atomic mass is 16.1. The molecule has 1 aliphatic rings. The zero-order valence-corrected chi connectivity index (χ0v) is 9.40. The predicted molar refractivity (Wildman–Crippen MR) is 64.5 cm³/mol. The minimum Gasteiger partial charge on any atom is -0.326 e. The van der Waals surface area contributed by atoms with E-state index in [4.69, 9.17) is 0 Å². The first-order valence-corrected chi connectivity index (χ1v) is 5.44. The van der Waals surface area contributed by atoms with Crippen LogP contribution in [-0.2, 0) is 11.2 Å². The first kappa shape index (κ1) is 9.96. The van der Waals surface area contributed by atoms with Crippen molar-refractivity contribution in [3.8, 4) is 11.1 Å². The van der Waals surface area contributed by atoms with Gasteiger partial charge in [-0.3, -0.25) is 4.79 Å². The number of nitrogens with one attached hydrogen (secondary N) is 1. The summed E-state index contributed by atoms with van der Waals surface area (Å²) in [5.41, 5.74) is 3.92. The average molecular weight is 225 g/mol. The Kier molecular flexibility index (Phi) is 2.14. The molecule has 0 saturated carbocycles. The van der Waals surface area contributed by atoms with Gasteiger partial charge in [0.2, 0.25) is 5.91 Å². The lowest BCUT2D eigenvalue weighted by Crippen LogP contribution is -2.03. The summed E-state index contributed by atoms with van der Waals surface area (Å²) in [5, 5.41) is 2.84. The highest BCUT2D eigenvalue weighted by molar-refractivity contribution is 5.99. The minimum absolute atomic E-state index is 0.0531. The molecule has 0 spiro atoms. The van der Waals surface area contributed by atoms with Crippen molar-refractivity contribution >= 4 is 11.6 Å². The zero-order chi connectivity index (χ0) is 11.8. The number of fused-ring (bicyclic) bond motifs is 1. The van der Waals surface area contributed by atoms with Gasteiger partial charge in [-0.25, -0.2) is 9.97 Å². The molecule has 0 fully saturated rings. The van der Waals surface area contributed by atoms with Gasteiger partial charge in [-0.15, -0.1) is 0 Å². The van der Waals surface area contributed by atoms with Crippen LogP contribution in [0.15, 0.2) is 30.6 Å². The Morgan fingerprint density at radius 1 is 1.18 bits per heavy atom. The van der Waals surface area contributed by atoms with E-state index in [9.17, 15) is 4.79 Å². The number of anilines is 1. The highest BCUT2D eigenvalue weighted by Crippen LogP contribution is 2.28. The topological polar surface area (TPSA) is 54.9 Å². The Labute approximate surface area is 98.7 Å². The molecular weight excluding hydrogens is 214 g/mol. The second kappa shape index (κ2) is 3.66. The van der Waals surface area contributed by atoms with Crippen LogP contribution in [0, 0.1) is 6.92 Å². The van der Waals surface area contributed by atoms with Crippen molar-refractivity contribution in [3.63, 3.8) is 0 Å². The molecule has 0 bridgehead atoms. The molecule has 0 unspecified atom stereocenters. The molecule has 4 nitrogen and oxygen atoms in total. The van der Waals surface area contributed by atoms with E-state index in [0.29, 0.717) is 6.42 Å². The van der Waals surface area contributed by atoms with Gasteiger partial charge in [0.15, 0.2) is 0 Å². The lowest BCUT2D eigenvalue weighted by molar-refractivity contribution is -0.115. The molecule has 1 amide bonds. The molecule has 4 heteroatoms. The summed E-state index contributed by atoms with van der Waals surface area (Å²) in [6.45, 7) is 1.85. The average Bonchev–Trinajstić information content (AvgIpc) is 2.69. The summed E-state index contributed by atoms with van der Waals surface area (Å²) < 4.78 is 0. The van der Waals surface area contributed by atoms with Crippen LogP contribution in [0.25, 0.3) is 11.1 Å². The fourth-order valence-corrected chi connectivity index (χ4v) is 1.94. The highest BCUT2D eigenvalue weighted by Gasteiger charge is 2.17. The summed E-state index contributed by atoms with van der Waals surface area (Å²) in [6, 6.07) is 5.93. The third kappa shape index (κ3) is 1.78. The van der Waals surface area contributed by atoms with Crippen molar-refractivity contribution in [2.75, 3.05) is 5.32 Å². The smallest absolute Gasteiger partial charge is 0.228 e. The maximum absolute atomic E-state index is 11.3. The number of carbonyl (C=O) groups is 1. The van der Waals surface area contributed by atoms with E-state index < -0.39 is 0 Å². The molecule has 0 saturated heterocycles. The fourth-order valence-electron chi connectivity index (χ4n) is 1.94. The number of rotatable bonds is 1. The second-order valence-electron chi connectivity index (χ2n) is 4.12. The van der Waals surface area contributed by atoms with Gasteiger partial charge in [0.25, 0.3) is 0 Å². The maximum atomic E-state index is 11.3. The third-order valence-corrected chi connectivity index (χ3v) is 2.85. The minimum atomic E-state index is 0.0531. The van der Waals surface area contributed by atoms with Gasteiger partial charge in [-0.05, 0) is 24.1 Å². The largest absolute Gasteiger partial charge is 0.326 e. The first-order valence-electron chi connectivity index (χ1n) is 5.44. The van der Waals surface area contributed by atoms with Crippen LogP contribution in [0.3, 0.4) is 0 Å². The van der Waals surface area contributed by atoms with E-state index in [1.54, 1.807) is 12.4 Å². The molecule has 17 heavy (non-hydrogen) atoms. The zero-order valence-electron chi connectivity index (χ0n) is 9.40. The molecule has 0 atom stereocenters. The van der Waals surface area contributed by atoms with Crippen molar-refractivity contribution in [2.24, 2.45) is 0 Å². The van der Waals surface area contributed by atoms with Crippen LogP contribution in [-0.4, -0.2) is 15.9 Å². The lowest BCUT2D eigenvalue weighted by Gasteiger charge is -2.04. The van der Waals surface area contributed by atoms with Gasteiger partial charge in [0.05, 0.1) is 6.42 Å². The standard InChI is InChI=1S/C13H11N3O/c1-8-14-6-11(7-15-8)9-2-3-10-5-13(17)16-12(10)4-9/h2-4,6-7H,5H2,1H3,(H,16,17). The van der Waals surface area contributed by atoms with Gasteiger partial charge >= 0.3 is 0 Å². The molecule has 1 aromatic carbocycles. The van der Waals surface area contributed by atoms with Crippen LogP contribution in [0.5, 0.6) is 0 Å². The fraction of sp³-hybridized carbons (Fsp3) is 0.154. The van der Waals surface area contributed by atoms with Crippen LogP contribution in [0.2, 0.25) is 0 Å². The number of aromatic nitrogens is 2. The van der Waals surface area contributed by atoms with Crippen LogP contribution >= 0.6 is 0 Å². The Hall–Kier alpha value is -2.23. The van der Waals surface area contributed by atoms with Crippen molar-refractivity contribution in [3.05, 3.63) is 42.0 Å². The summed E-state index contributed by atoms with van der Waals surface area (Å²) in [7, 11) is 0. The predicted octanol–water partition coefficient (Wildman–Crippen LogP) is 1.95. The molecule has 1 aromatic heterocycles. The van der Waals surface area contributed by atoms with Crippen molar-refractivity contribution in [2.45, 2.75) is 13.3 Å². The summed E-state index contributed by atoms with van der Waals surface area (Å²) in [4.78, 5) is 19.6. The Balaban J connectivity index is 2.03. The van der Waals surface area contributed by atoms with Gasteiger partial charge in [0, 0.05) is 23.6 Å². The molecule has 2 heterocycles. The Bertz CT molecular complexity index is 590. The van der Waals surface area contributed by atoms with Crippen molar-refractivity contribution in [1.82, 2.24) is 9.97 Å². The van der Waals surface area contributed by atoms with E-state index in [1.165, 1.54) is 0 Å². The Morgan fingerprint density at radius 2 is 1.94 bits per heavy atom. The molecule has 0 aliphatic carbocycles. The third-order valence-electron chi connectivity index (χ3n) is 2.85. The Morgan fingerprint density at radius 3 is 2.71 bits per heavy atom. The lowest BCUT2D eigenvalue weighted by atomic mass is 10.1. The van der Waals surface area contributed by atoms with E-state index in [-0.39, 0.29) is 5.91 Å². The van der Waals surface area contributed by atoms with Crippen LogP contribution in [0.4, 0.5) is 5.69 Å². The second-order valence-corrected chi connectivity index (χ2v) is 4.12. The van der Waals surface area contributed by atoms with Crippen molar-refractivity contribution in [1.29, 1.82) is 0 Å². The summed E-state index contributed by atoms with van der Waals surface area (Å²) >= 11 is 0. The monoisotopic (exact) mass is 225 g/mol. The SMILES string of the molecule is Cc1ncc(-c2ccc3c(c2)NC(=O)C3)cn1. The number of amides is 1. The number of benzene rings is 1. The number of aryl methyl sites for hydroxylation is 1. The molecule has 3 rings (SSSR count). The number of hydrogen-bond acceptors (Lipinski definition) is 3. The van der Waals surface area contributed by atoms with Crippen molar-refractivity contribution < 1.29 is 4.79 Å². The van der Waals surface area contributed by atoms with E-state index in [1.807, 2.05) is 25.1 Å². The van der Waals surface area contributed by atoms with Gasteiger partial charge in [0.1, 0.15) is 5.82 Å². The van der Waals surface area contributed by atoms with Crippen LogP contribution < -0.4 is 5.32 Å². The normalized spacial score (nSPS) is 13.4. The first-order chi connectivity index (χ1) is 8.22. The molecule has 2 aromatic rings. The molecule has 1 aliphatic heterocycles. The quantitative estimate of drug-likeness (QED) is 0.807. The molecule has 84 valence electrons. The van der Waals surface area contributed by atoms with Gasteiger partial charge < -0.3 is 5.32 Å². The molecular formula is C13H11N3O. The van der Waals surface area contributed by atoms with Gasteiger partial charge in [-0.2, -0.15) is 0 Å². The number of hydrogen-bond donors (Lipinski definition) is 1. The van der Waals surface area contributed by atoms with Crippen LogP contribution in [0.1, 0.15) is 11.4 Å². The summed E-state index contributed by atoms with van der Waals surface area (Å²) in [5.74, 6) is 0.806. The van der Waals surface area contributed by atoms with E-state index in [2.05, 4.69) is 15.3 Å². The maximum Gasteiger partial charge on any atom is 0.228 e. The number of nitrogens with zero attached hydrogens (tertiary/aromatic N) is 2.